The van der Waals surface area contributed by atoms with Crippen LogP contribution in [-0.2, 0) is 0 Å². The number of anilines is 1. The molecule has 3 heterocycles. The lowest BCUT2D eigenvalue weighted by Crippen LogP contribution is -2.49. The molecule has 0 spiro atoms. The number of aromatic amines is 1. The lowest BCUT2D eigenvalue weighted by molar-refractivity contribution is 0.0691. The first-order valence-electron chi connectivity index (χ1n) is 8.42. The van der Waals surface area contributed by atoms with E-state index < -0.39 is 5.97 Å². The molecule has 0 radical (unpaired) electrons. The van der Waals surface area contributed by atoms with Gasteiger partial charge in [0.2, 0.25) is 0 Å². The number of carbonyl (C=O) groups is 1. The molecule has 2 aromatic rings. The highest BCUT2D eigenvalue weighted by atomic mass is 16.4. The molecule has 2 fully saturated rings. The topological polar surface area (TPSA) is 72.5 Å². The molecule has 0 atom stereocenters. The van der Waals surface area contributed by atoms with Gasteiger partial charge in [-0.25, -0.2) is 9.78 Å². The van der Waals surface area contributed by atoms with Gasteiger partial charge < -0.3 is 15.0 Å². The number of aromatic nitrogens is 2. The number of piperazine rings is 1. The highest BCUT2D eigenvalue weighted by Gasteiger charge is 2.26. The first-order valence-corrected chi connectivity index (χ1v) is 8.42. The average molecular weight is 314 g/mol. The summed E-state index contributed by atoms with van der Waals surface area (Å²) in [5.41, 5.74) is 0.987. The van der Waals surface area contributed by atoms with Crippen LogP contribution in [0.25, 0.3) is 10.9 Å². The average Bonchev–Trinajstić information content (AvgIpc) is 3.24. The van der Waals surface area contributed by atoms with Crippen LogP contribution < -0.4 is 4.90 Å². The van der Waals surface area contributed by atoms with Gasteiger partial charge in [-0.2, -0.15) is 0 Å². The monoisotopic (exact) mass is 314 g/mol. The Balaban J connectivity index is 1.48. The third-order valence-electron chi connectivity index (χ3n) is 5.20. The fraction of sp³-hybridized carbons (Fsp3) is 0.529. The zero-order valence-corrected chi connectivity index (χ0v) is 13.2. The summed E-state index contributed by atoms with van der Waals surface area (Å²) in [6.45, 7) is 4.17. The summed E-state index contributed by atoms with van der Waals surface area (Å²) >= 11 is 0. The Hall–Kier alpha value is -2.08. The molecule has 1 saturated carbocycles. The van der Waals surface area contributed by atoms with Gasteiger partial charge in [0, 0.05) is 37.6 Å². The minimum atomic E-state index is -0.937. The van der Waals surface area contributed by atoms with Crippen LogP contribution in [-0.4, -0.2) is 58.2 Å². The van der Waals surface area contributed by atoms with E-state index in [9.17, 15) is 4.79 Å². The van der Waals surface area contributed by atoms with Crippen LogP contribution in [0.1, 0.15) is 36.2 Å². The fourth-order valence-corrected chi connectivity index (χ4v) is 3.89. The summed E-state index contributed by atoms with van der Waals surface area (Å²) in [7, 11) is 0. The molecule has 6 heteroatoms. The third kappa shape index (κ3) is 2.79. The van der Waals surface area contributed by atoms with E-state index in [2.05, 4.69) is 19.8 Å². The van der Waals surface area contributed by atoms with Crippen molar-refractivity contribution in [3.8, 4) is 0 Å². The Kier molecular flexibility index (Phi) is 3.69. The van der Waals surface area contributed by atoms with Crippen molar-refractivity contribution in [3.05, 3.63) is 24.0 Å². The van der Waals surface area contributed by atoms with Gasteiger partial charge in [-0.1, -0.05) is 12.8 Å². The number of H-pyrrole nitrogens is 1. The van der Waals surface area contributed by atoms with E-state index in [1.807, 2.05) is 6.07 Å². The molecule has 2 N–H and O–H groups in total. The predicted octanol–water partition coefficient (Wildman–Crippen LogP) is 2.33. The van der Waals surface area contributed by atoms with Crippen molar-refractivity contribution >= 4 is 22.7 Å². The zero-order chi connectivity index (χ0) is 15.8. The highest BCUT2D eigenvalue weighted by molar-refractivity contribution is 5.94. The number of nitrogens with one attached hydrogen (secondary N) is 1. The molecule has 122 valence electrons. The van der Waals surface area contributed by atoms with E-state index in [1.165, 1.54) is 25.7 Å². The van der Waals surface area contributed by atoms with Gasteiger partial charge in [-0.3, -0.25) is 4.90 Å². The Morgan fingerprint density at radius 3 is 2.61 bits per heavy atom. The molecule has 0 bridgehead atoms. The van der Waals surface area contributed by atoms with Crippen LogP contribution in [0.15, 0.2) is 18.3 Å². The number of nitrogens with zero attached hydrogens (tertiary/aromatic N) is 3. The number of fused-ring (bicyclic) bond motifs is 1. The standard InChI is InChI=1S/C17H22N4O2/c22-17(23)14-9-12-10-16(18-11-15(12)19-14)21-7-5-20(6-8-21)13-3-1-2-4-13/h9-11,13,19H,1-8H2,(H,22,23). The van der Waals surface area contributed by atoms with Crippen molar-refractivity contribution in [1.82, 2.24) is 14.9 Å². The zero-order valence-electron chi connectivity index (χ0n) is 13.2. The van der Waals surface area contributed by atoms with Crippen LogP contribution in [0.4, 0.5) is 5.82 Å². The van der Waals surface area contributed by atoms with Gasteiger partial charge in [0.1, 0.15) is 11.5 Å². The SMILES string of the molecule is O=C(O)c1cc2cc(N3CCN(C4CCCC4)CC3)ncc2[nH]1. The number of carboxylic acids is 1. The largest absolute Gasteiger partial charge is 0.477 e. The highest BCUT2D eigenvalue weighted by Crippen LogP contribution is 2.26. The molecule has 0 amide bonds. The molecule has 1 saturated heterocycles. The number of pyridine rings is 1. The second-order valence-corrected chi connectivity index (χ2v) is 6.58. The maximum Gasteiger partial charge on any atom is 0.352 e. The van der Waals surface area contributed by atoms with E-state index in [0.717, 1.165) is 48.9 Å². The minimum Gasteiger partial charge on any atom is -0.477 e. The predicted molar refractivity (Wildman–Crippen MR) is 89.1 cm³/mol. The second-order valence-electron chi connectivity index (χ2n) is 6.58. The Bertz CT molecular complexity index is 712. The smallest absolute Gasteiger partial charge is 0.352 e. The lowest BCUT2D eigenvalue weighted by Gasteiger charge is -2.38. The Morgan fingerprint density at radius 1 is 1.17 bits per heavy atom. The first-order chi connectivity index (χ1) is 11.2. The van der Waals surface area contributed by atoms with Gasteiger partial charge in [0.25, 0.3) is 0 Å². The Morgan fingerprint density at radius 2 is 1.91 bits per heavy atom. The molecule has 4 rings (SSSR count). The van der Waals surface area contributed by atoms with E-state index >= 15 is 0 Å². The molecule has 1 aliphatic carbocycles. The van der Waals surface area contributed by atoms with E-state index in [-0.39, 0.29) is 5.69 Å². The first kappa shape index (κ1) is 14.5. The molecule has 2 aliphatic rings. The van der Waals surface area contributed by atoms with Crippen molar-refractivity contribution in [1.29, 1.82) is 0 Å². The summed E-state index contributed by atoms with van der Waals surface area (Å²) in [6.07, 6.45) is 7.20. The molecular formula is C17H22N4O2. The number of hydrogen-bond acceptors (Lipinski definition) is 4. The van der Waals surface area contributed by atoms with Crippen LogP contribution in [0.3, 0.4) is 0 Å². The molecular weight excluding hydrogens is 292 g/mol. The summed E-state index contributed by atoms with van der Waals surface area (Å²) in [5.74, 6) is 0.00689. The molecule has 0 unspecified atom stereocenters. The number of carboxylic acid groups (broad SMARTS) is 1. The second kappa shape index (κ2) is 5.85. The van der Waals surface area contributed by atoms with Crippen LogP contribution in [0.2, 0.25) is 0 Å². The summed E-state index contributed by atoms with van der Waals surface area (Å²) < 4.78 is 0. The summed E-state index contributed by atoms with van der Waals surface area (Å²) in [4.78, 5) is 23.4. The van der Waals surface area contributed by atoms with Gasteiger partial charge in [-0.05, 0) is 25.0 Å². The minimum absolute atomic E-state index is 0.213. The maximum atomic E-state index is 11.1. The van der Waals surface area contributed by atoms with Gasteiger partial charge in [0.05, 0.1) is 11.7 Å². The van der Waals surface area contributed by atoms with Crippen LogP contribution >= 0.6 is 0 Å². The third-order valence-corrected chi connectivity index (χ3v) is 5.20. The van der Waals surface area contributed by atoms with Crippen molar-refractivity contribution in [3.63, 3.8) is 0 Å². The molecule has 23 heavy (non-hydrogen) atoms. The maximum absolute atomic E-state index is 11.1. The Labute approximate surface area is 135 Å². The summed E-state index contributed by atoms with van der Waals surface area (Å²) in [5, 5.41) is 9.98. The van der Waals surface area contributed by atoms with Crippen LogP contribution in [0.5, 0.6) is 0 Å². The van der Waals surface area contributed by atoms with E-state index in [1.54, 1.807) is 12.3 Å². The quantitative estimate of drug-likeness (QED) is 0.909. The summed E-state index contributed by atoms with van der Waals surface area (Å²) in [6, 6.07) is 4.46. The molecule has 2 aromatic heterocycles. The van der Waals surface area contributed by atoms with Crippen molar-refractivity contribution < 1.29 is 9.90 Å². The number of rotatable bonds is 3. The van der Waals surface area contributed by atoms with Gasteiger partial charge in [-0.15, -0.1) is 0 Å². The van der Waals surface area contributed by atoms with Crippen LogP contribution in [0, 0.1) is 0 Å². The van der Waals surface area contributed by atoms with E-state index in [0.29, 0.717) is 0 Å². The van der Waals surface area contributed by atoms with E-state index in [4.69, 9.17) is 5.11 Å². The van der Waals surface area contributed by atoms with Crippen molar-refractivity contribution in [2.75, 3.05) is 31.1 Å². The molecule has 0 aromatic carbocycles. The fourth-order valence-electron chi connectivity index (χ4n) is 3.89. The lowest BCUT2D eigenvalue weighted by atomic mass is 10.2. The molecule has 1 aliphatic heterocycles. The van der Waals surface area contributed by atoms with Gasteiger partial charge in [0.15, 0.2) is 0 Å². The van der Waals surface area contributed by atoms with Crippen molar-refractivity contribution in [2.45, 2.75) is 31.7 Å². The molecule has 6 nitrogen and oxygen atoms in total. The van der Waals surface area contributed by atoms with Gasteiger partial charge >= 0.3 is 5.97 Å². The van der Waals surface area contributed by atoms with Crippen molar-refractivity contribution in [2.24, 2.45) is 0 Å². The number of hydrogen-bond donors (Lipinski definition) is 2. The normalized spacial score (nSPS) is 20.4. The number of aromatic carboxylic acids is 1.